The number of nitrogens with zero attached hydrogens (tertiary/aromatic N) is 1. The highest BCUT2D eigenvalue weighted by Crippen LogP contribution is 2.24. The maximum absolute atomic E-state index is 12.5. The Balaban J connectivity index is 2.07. The van der Waals surface area contributed by atoms with E-state index in [-0.39, 0.29) is 31.1 Å². The molecule has 1 N–H and O–H groups in total. The highest BCUT2D eigenvalue weighted by Gasteiger charge is 2.40. The third kappa shape index (κ3) is 4.47. The number of rotatable bonds is 5. The summed E-state index contributed by atoms with van der Waals surface area (Å²) in [6, 6.07) is 4.80. The maximum atomic E-state index is 12.5. The van der Waals surface area contributed by atoms with Gasteiger partial charge in [-0.2, -0.15) is 13.2 Å². The number of alkyl halides is 3. The summed E-state index contributed by atoms with van der Waals surface area (Å²) in [5, 5.41) is 9.23. The third-order valence-corrected chi connectivity index (χ3v) is 4.04. The van der Waals surface area contributed by atoms with Gasteiger partial charge in [-0.05, 0) is 24.1 Å². The van der Waals surface area contributed by atoms with Crippen LogP contribution in [0.15, 0.2) is 24.3 Å². The lowest BCUT2D eigenvalue weighted by molar-refractivity contribution is -0.141. The Morgan fingerprint density at radius 3 is 2.42 bits per heavy atom. The van der Waals surface area contributed by atoms with Gasteiger partial charge in [0.2, 0.25) is 0 Å². The molecule has 1 saturated heterocycles. The number of ether oxygens (including phenoxy) is 1. The maximum Gasteiger partial charge on any atom is 0.389 e. The molecule has 0 aromatic heterocycles. The van der Waals surface area contributed by atoms with Crippen molar-refractivity contribution < 1.29 is 32.6 Å². The lowest BCUT2D eigenvalue weighted by Gasteiger charge is -2.21. The molecule has 24 heavy (non-hydrogen) atoms. The van der Waals surface area contributed by atoms with Crippen LogP contribution in [0.3, 0.4) is 0 Å². The van der Waals surface area contributed by atoms with E-state index in [0.717, 1.165) is 0 Å². The lowest BCUT2D eigenvalue weighted by Crippen LogP contribution is -2.40. The van der Waals surface area contributed by atoms with Crippen molar-refractivity contribution in [2.75, 3.05) is 13.7 Å². The molecule has 0 spiro atoms. The van der Waals surface area contributed by atoms with Gasteiger partial charge in [-0.1, -0.05) is 12.1 Å². The average Bonchev–Trinajstić information content (AvgIpc) is 2.96. The van der Waals surface area contributed by atoms with Crippen LogP contribution in [0.25, 0.3) is 0 Å². The number of carbonyl (C=O) groups is 2. The average molecular weight is 345 g/mol. The van der Waals surface area contributed by atoms with Gasteiger partial charge >= 0.3 is 12.1 Å². The smallest absolute Gasteiger partial charge is 0.389 e. The summed E-state index contributed by atoms with van der Waals surface area (Å²) in [4.78, 5) is 25.0. The highest BCUT2D eigenvalue weighted by molar-refractivity contribution is 5.97. The van der Waals surface area contributed by atoms with Crippen molar-refractivity contribution in [2.45, 2.75) is 37.6 Å². The predicted octanol–water partition coefficient (Wildman–Crippen LogP) is 2.50. The minimum atomic E-state index is -4.23. The van der Waals surface area contributed by atoms with Crippen molar-refractivity contribution in [2.24, 2.45) is 0 Å². The number of hydrogen-bond donors (Lipinski definition) is 1. The van der Waals surface area contributed by atoms with Crippen molar-refractivity contribution >= 4 is 11.9 Å². The molecule has 0 bridgehead atoms. The molecule has 0 radical (unpaired) electrons. The van der Waals surface area contributed by atoms with Crippen LogP contribution < -0.4 is 0 Å². The fraction of sp³-hybridized carbons (Fsp3) is 0.500. The Kier molecular flexibility index (Phi) is 5.48. The van der Waals surface area contributed by atoms with E-state index >= 15 is 0 Å². The molecule has 2 rings (SSSR count). The van der Waals surface area contributed by atoms with E-state index in [9.17, 15) is 27.9 Å². The molecule has 1 heterocycles. The number of likely N-dealkylation sites (tertiary alicyclic amines) is 1. The Morgan fingerprint density at radius 1 is 1.29 bits per heavy atom. The van der Waals surface area contributed by atoms with E-state index in [1.807, 2.05) is 0 Å². The zero-order valence-electron chi connectivity index (χ0n) is 13.0. The van der Waals surface area contributed by atoms with Crippen LogP contribution >= 0.6 is 0 Å². The predicted molar refractivity (Wildman–Crippen MR) is 78.7 cm³/mol. The Morgan fingerprint density at radius 2 is 1.92 bits per heavy atom. The molecule has 1 aliphatic rings. The van der Waals surface area contributed by atoms with Gasteiger partial charge in [-0.3, -0.25) is 4.79 Å². The van der Waals surface area contributed by atoms with Crippen molar-refractivity contribution in [1.82, 2.24) is 4.90 Å². The second kappa shape index (κ2) is 7.21. The number of hydrogen-bond acceptors (Lipinski definition) is 3. The molecule has 0 aliphatic carbocycles. The van der Waals surface area contributed by atoms with Crippen LogP contribution in [0.1, 0.15) is 28.8 Å². The number of methoxy groups -OCH3 is 1. The van der Waals surface area contributed by atoms with Gasteiger partial charge in [0, 0.05) is 32.1 Å². The first-order chi connectivity index (χ1) is 11.2. The summed E-state index contributed by atoms with van der Waals surface area (Å²) in [7, 11) is 1.45. The molecule has 1 aliphatic heterocycles. The van der Waals surface area contributed by atoms with Crippen LogP contribution in [0.5, 0.6) is 0 Å². The van der Waals surface area contributed by atoms with Gasteiger partial charge in [0.1, 0.15) is 6.04 Å². The molecule has 1 amide bonds. The molecule has 1 aromatic carbocycles. The molecule has 132 valence electrons. The van der Waals surface area contributed by atoms with E-state index in [1.165, 1.54) is 36.3 Å². The second-order valence-electron chi connectivity index (χ2n) is 5.72. The molecule has 2 unspecified atom stereocenters. The zero-order valence-corrected chi connectivity index (χ0v) is 13.0. The number of aliphatic carboxylic acids is 1. The largest absolute Gasteiger partial charge is 0.480 e. The number of carboxylic acids is 1. The van der Waals surface area contributed by atoms with Crippen molar-refractivity contribution in [3.05, 3.63) is 35.4 Å². The summed E-state index contributed by atoms with van der Waals surface area (Å²) in [5.74, 6) is -1.57. The number of carbonyl (C=O) groups excluding carboxylic acids is 1. The first-order valence-corrected chi connectivity index (χ1v) is 7.43. The number of amides is 1. The van der Waals surface area contributed by atoms with Crippen molar-refractivity contribution in [3.63, 3.8) is 0 Å². The molecule has 5 nitrogen and oxygen atoms in total. The van der Waals surface area contributed by atoms with Gasteiger partial charge < -0.3 is 14.7 Å². The Bertz CT molecular complexity index is 600. The SMILES string of the molecule is COC1CC(C(=O)O)N(C(=O)c2ccc(CCC(F)(F)F)cc2)C1. The standard InChI is InChI=1S/C16H18F3NO4/c1-24-12-8-13(15(22)23)20(9-12)14(21)11-4-2-10(3-5-11)6-7-16(17,18)19/h2-5,12-13H,6-9H2,1H3,(H,22,23). The number of halogens is 3. The minimum Gasteiger partial charge on any atom is -0.480 e. The number of benzene rings is 1. The van der Waals surface area contributed by atoms with E-state index in [1.54, 1.807) is 0 Å². The van der Waals surface area contributed by atoms with Crippen LogP contribution in [0, 0.1) is 0 Å². The van der Waals surface area contributed by atoms with E-state index in [2.05, 4.69) is 0 Å². The number of aryl methyl sites for hydroxylation is 1. The monoisotopic (exact) mass is 345 g/mol. The summed E-state index contributed by atoms with van der Waals surface area (Å²) in [6.07, 6.45) is -5.45. The fourth-order valence-corrected chi connectivity index (χ4v) is 2.69. The summed E-state index contributed by atoms with van der Waals surface area (Å²) < 4.78 is 41.8. The Labute approximate surface area is 137 Å². The molecular formula is C16H18F3NO4. The van der Waals surface area contributed by atoms with E-state index < -0.39 is 30.5 Å². The van der Waals surface area contributed by atoms with Crippen LogP contribution in [-0.4, -0.2) is 53.9 Å². The Hall–Kier alpha value is -2.09. The number of carboxylic acid groups (broad SMARTS) is 1. The van der Waals surface area contributed by atoms with Crippen molar-refractivity contribution in [1.29, 1.82) is 0 Å². The van der Waals surface area contributed by atoms with Gasteiger partial charge in [-0.25, -0.2) is 4.79 Å². The van der Waals surface area contributed by atoms with Crippen LogP contribution in [-0.2, 0) is 16.0 Å². The van der Waals surface area contributed by atoms with Crippen molar-refractivity contribution in [3.8, 4) is 0 Å². The fourth-order valence-electron chi connectivity index (χ4n) is 2.69. The molecule has 8 heteroatoms. The molecular weight excluding hydrogens is 327 g/mol. The van der Waals surface area contributed by atoms with Crippen LogP contribution in [0.4, 0.5) is 13.2 Å². The van der Waals surface area contributed by atoms with Gasteiger partial charge in [-0.15, -0.1) is 0 Å². The summed E-state index contributed by atoms with van der Waals surface area (Å²) >= 11 is 0. The zero-order chi connectivity index (χ0) is 17.9. The minimum absolute atomic E-state index is 0.162. The van der Waals surface area contributed by atoms with E-state index in [0.29, 0.717) is 5.56 Å². The quantitative estimate of drug-likeness (QED) is 0.890. The third-order valence-electron chi connectivity index (χ3n) is 4.04. The van der Waals surface area contributed by atoms with Crippen LogP contribution in [0.2, 0.25) is 0 Å². The van der Waals surface area contributed by atoms with E-state index in [4.69, 9.17) is 4.74 Å². The molecule has 1 aromatic rings. The summed E-state index contributed by atoms with van der Waals surface area (Å²) in [6.45, 7) is 0.169. The first-order valence-electron chi connectivity index (χ1n) is 7.43. The topological polar surface area (TPSA) is 66.8 Å². The second-order valence-corrected chi connectivity index (χ2v) is 5.72. The highest BCUT2D eigenvalue weighted by atomic mass is 19.4. The van der Waals surface area contributed by atoms with Gasteiger partial charge in [0.05, 0.1) is 6.10 Å². The normalized spacial score (nSPS) is 21.1. The van der Waals surface area contributed by atoms with Gasteiger partial charge in [0.15, 0.2) is 0 Å². The first kappa shape index (κ1) is 18.3. The molecule has 0 saturated carbocycles. The van der Waals surface area contributed by atoms with Gasteiger partial charge in [0.25, 0.3) is 5.91 Å². The molecule has 2 atom stereocenters. The lowest BCUT2D eigenvalue weighted by atomic mass is 10.1. The summed E-state index contributed by atoms with van der Waals surface area (Å²) in [5.41, 5.74) is 0.712. The molecule has 1 fully saturated rings.